The molecule has 1 aliphatic rings. The number of thioether (sulfide) groups is 1. The Labute approximate surface area is 167 Å². The van der Waals surface area contributed by atoms with E-state index in [1.807, 2.05) is 16.7 Å². The van der Waals surface area contributed by atoms with Crippen LogP contribution in [0.15, 0.2) is 42.1 Å². The molecule has 1 aliphatic heterocycles. The predicted molar refractivity (Wildman–Crippen MR) is 107 cm³/mol. The maximum Gasteiger partial charge on any atom is 0.230 e. The summed E-state index contributed by atoms with van der Waals surface area (Å²) < 4.78 is 24.8. The number of hydrogen-bond donors (Lipinski definition) is 1. The minimum absolute atomic E-state index is 0.0107. The van der Waals surface area contributed by atoms with Crippen LogP contribution < -0.4 is 5.32 Å². The van der Waals surface area contributed by atoms with E-state index in [-0.39, 0.29) is 29.2 Å². The molecule has 1 aromatic carbocycles. The molecule has 1 N–H and O–H groups in total. The number of hydrogen-bond acceptors (Lipinski definition) is 6. The standard InChI is InChI=1S/C17H19ClN4O3S2/c1-2-8-22-16(12-3-5-13(18)6-4-12)20-21-17(22)26-10-15(23)19-14-7-9-27(24,25)11-14/h2-6,14H,1,7-11H2,(H,19,23)/t14-/m0/s1. The number of nitrogens with zero attached hydrogens (tertiary/aromatic N) is 3. The monoisotopic (exact) mass is 426 g/mol. The highest BCUT2D eigenvalue weighted by atomic mass is 35.5. The number of aromatic nitrogens is 3. The maximum absolute atomic E-state index is 12.1. The second-order valence-electron chi connectivity index (χ2n) is 6.17. The van der Waals surface area contributed by atoms with Crippen LogP contribution in [0.3, 0.4) is 0 Å². The van der Waals surface area contributed by atoms with Crippen LogP contribution in [0.5, 0.6) is 0 Å². The molecular formula is C17H19ClN4O3S2. The van der Waals surface area contributed by atoms with Gasteiger partial charge in [0.15, 0.2) is 20.8 Å². The number of carbonyl (C=O) groups excluding carboxylic acids is 1. The van der Waals surface area contributed by atoms with Crippen LogP contribution in [0, 0.1) is 0 Å². The SMILES string of the molecule is C=CCn1c(SCC(=O)N[C@H]2CCS(=O)(=O)C2)nnc1-c1ccc(Cl)cc1. The third-order valence-electron chi connectivity index (χ3n) is 4.06. The van der Waals surface area contributed by atoms with E-state index in [9.17, 15) is 13.2 Å². The summed E-state index contributed by atoms with van der Waals surface area (Å²) in [5, 5.41) is 12.4. The molecule has 0 radical (unpaired) electrons. The first-order valence-electron chi connectivity index (χ1n) is 8.30. The molecular weight excluding hydrogens is 408 g/mol. The topological polar surface area (TPSA) is 94.0 Å². The first-order chi connectivity index (χ1) is 12.9. The fourth-order valence-corrected chi connectivity index (χ4v) is 5.37. The smallest absolute Gasteiger partial charge is 0.230 e. The molecule has 10 heteroatoms. The van der Waals surface area contributed by atoms with E-state index in [1.165, 1.54) is 11.8 Å². The van der Waals surface area contributed by atoms with Gasteiger partial charge in [0, 0.05) is 23.2 Å². The lowest BCUT2D eigenvalue weighted by Gasteiger charge is -2.11. The number of nitrogens with one attached hydrogen (secondary N) is 1. The van der Waals surface area contributed by atoms with Gasteiger partial charge in [0.05, 0.1) is 17.3 Å². The molecule has 3 rings (SSSR count). The molecule has 0 aliphatic carbocycles. The van der Waals surface area contributed by atoms with Gasteiger partial charge in [-0.3, -0.25) is 9.36 Å². The first kappa shape index (κ1) is 19.9. The lowest BCUT2D eigenvalue weighted by atomic mass is 10.2. The third kappa shape index (κ3) is 5.12. The summed E-state index contributed by atoms with van der Waals surface area (Å²) in [6.07, 6.45) is 2.20. The number of halogens is 1. The molecule has 1 fully saturated rings. The summed E-state index contributed by atoms with van der Waals surface area (Å²) in [5.74, 6) is 0.714. The van der Waals surface area contributed by atoms with Crippen LogP contribution in [0.2, 0.25) is 5.02 Å². The van der Waals surface area contributed by atoms with Gasteiger partial charge in [-0.05, 0) is 30.7 Å². The Morgan fingerprint density at radius 3 is 2.74 bits per heavy atom. The highest BCUT2D eigenvalue weighted by Gasteiger charge is 2.29. The molecule has 0 unspecified atom stereocenters. The van der Waals surface area contributed by atoms with E-state index in [2.05, 4.69) is 22.1 Å². The van der Waals surface area contributed by atoms with Crippen molar-refractivity contribution in [3.05, 3.63) is 41.9 Å². The van der Waals surface area contributed by atoms with Crippen molar-refractivity contribution in [2.24, 2.45) is 0 Å². The molecule has 2 aromatic rings. The van der Waals surface area contributed by atoms with Gasteiger partial charge >= 0.3 is 0 Å². The predicted octanol–water partition coefficient (Wildman–Crippen LogP) is 2.18. The van der Waals surface area contributed by atoms with Crippen molar-refractivity contribution in [1.82, 2.24) is 20.1 Å². The lowest BCUT2D eigenvalue weighted by molar-refractivity contribution is -0.119. The van der Waals surface area contributed by atoms with Gasteiger partial charge in [-0.15, -0.1) is 16.8 Å². The Kier molecular flexibility index (Phi) is 6.23. The number of allylic oxidation sites excluding steroid dienone is 1. The number of sulfone groups is 1. The van der Waals surface area contributed by atoms with Crippen molar-refractivity contribution < 1.29 is 13.2 Å². The highest BCUT2D eigenvalue weighted by Crippen LogP contribution is 2.25. The Hall–Kier alpha value is -1.84. The Morgan fingerprint density at radius 1 is 1.37 bits per heavy atom. The van der Waals surface area contributed by atoms with Crippen molar-refractivity contribution in [2.75, 3.05) is 17.3 Å². The van der Waals surface area contributed by atoms with E-state index in [1.54, 1.807) is 18.2 Å². The molecule has 7 nitrogen and oxygen atoms in total. The van der Waals surface area contributed by atoms with Crippen molar-refractivity contribution in [3.63, 3.8) is 0 Å². The number of rotatable bonds is 7. The van der Waals surface area contributed by atoms with Gasteiger partial charge in [0.2, 0.25) is 5.91 Å². The summed E-state index contributed by atoms with van der Waals surface area (Å²) >= 11 is 7.18. The molecule has 2 heterocycles. The largest absolute Gasteiger partial charge is 0.352 e. The van der Waals surface area contributed by atoms with E-state index in [0.717, 1.165) is 5.56 Å². The average Bonchev–Trinajstić information content (AvgIpc) is 3.17. The summed E-state index contributed by atoms with van der Waals surface area (Å²) in [4.78, 5) is 12.1. The Balaban J connectivity index is 1.67. The van der Waals surface area contributed by atoms with Crippen LogP contribution in [0.25, 0.3) is 11.4 Å². The van der Waals surface area contributed by atoms with Gasteiger partial charge < -0.3 is 5.32 Å². The summed E-state index contributed by atoms with van der Waals surface area (Å²) in [6.45, 7) is 4.26. The average molecular weight is 427 g/mol. The molecule has 1 aromatic heterocycles. The fraction of sp³-hybridized carbons (Fsp3) is 0.353. The molecule has 0 saturated carbocycles. The summed E-state index contributed by atoms with van der Waals surface area (Å²) in [7, 11) is -3.02. The Morgan fingerprint density at radius 2 is 2.11 bits per heavy atom. The minimum Gasteiger partial charge on any atom is -0.352 e. The van der Waals surface area contributed by atoms with Crippen LogP contribution in [0.1, 0.15) is 6.42 Å². The lowest BCUT2D eigenvalue weighted by Crippen LogP contribution is -2.36. The van der Waals surface area contributed by atoms with Crippen LogP contribution in [-0.2, 0) is 21.2 Å². The maximum atomic E-state index is 12.1. The van der Waals surface area contributed by atoms with E-state index in [4.69, 9.17) is 11.6 Å². The van der Waals surface area contributed by atoms with Gasteiger partial charge in [0.1, 0.15) is 0 Å². The molecule has 1 amide bonds. The van der Waals surface area contributed by atoms with E-state index < -0.39 is 9.84 Å². The highest BCUT2D eigenvalue weighted by molar-refractivity contribution is 7.99. The quantitative estimate of drug-likeness (QED) is 0.538. The molecule has 0 bridgehead atoms. The fourth-order valence-electron chi connectivity index (χ4n) is 2.81. The third-order valence-corrected chi connectivity index (χ3v) is 7.05. The minimum atomic E-state index is -3.02. The molecule has 1 saturated heterocycles. The van der Waals surface area contributed by atoms with Gasteiger partial charge in [-0.25, -0.2) is 8.42 Å². The summed E-state index contributed by atoms with van der Waals surface area (Å²) in [5.41, 5.74) is 0.862. The summed E-state index contributed by atoms with van der Waals surface area (Å²) in [6, 6.07) is 6.96. The number of carbonyl (C=O) groups is 1. The van der Waals surface area contributed by atoms with Gasteiger partial charge in [-0.1, -0.05) is 29.4 Å². The van der Waals surface area contributed by atoms with Crippen molar-refractivity contribution in [2.45, 2.75) is 24.2 Å². The second-order valence-corrected chi connectivity index (χ2v) is 9.78. The van der Waals surface area contributed by atoms with Crippen LogP contribution in [0.4, 0.5) is 0 Å². The number of amides is 1. The molecule has 27 heavy (non-hydrogen) atoms. The zero-order valence-corrected chi connectivity index (χ0v) is 16.9. The Bertz CT molecular complexity index is 942. The molecule has 1 atom stereocenters. The van der Waals surface area contributed by atoms with Crippen molar-refractivity contribution in [3.8, 4) is 11.4 Å². The zero-order chi connectivity index (χ0) is 19.4. The van der Waals surface area contributed by atoms with Crippen LogP contribution >= 0.6 is 23.4 Å². The van der Waals surface area contributed by atoms with Crippen molar-refractivity contribution in [1.29, 1.82) is 0 Å². The van der Waals surface area contributed by atoms with E-state index in [0.29, 0.717) is 29.0 Å². The zero-order valence-electron chi connectivity index (χ0n) is 14.5. The number of benzene rings is 1. The van der Waals surface area contributed by atoms with E-state index >= 15 is 0 Å². The molecule has 0 spiro atoms. The van der Waals surface area contributed by atoms with Gasteiger partial charge in [0.25, 0.3) is 0 Å². The normalized spacial score (nSPS) is 18.3. The van der Waals surface area contributed by atoms with Gasteiger partial charge in [-0.2, -0.15) is 0 Å². The van der Waals surface area contributed by atoms with Crippen LogP contribution in [-0.4, -0.2) is 52.4 Å². The van der Waals surface area contributed by atoms with Crippen molar-refractivity contribution >= 4 is 39.1 Å². The second kappa shape index (κ2) is 8.45. The first-order valence-corrected chi connectivity index (χ1v) is 11.5. The molecule has 144 valence electrons.